The molecule has 132 valence electrons. The lowest BCUT2D eigenvalue weighted by Crippen LogP contribution is -2.26. The van der Waals surface area contributed by atoms with E-state index in [1.54, 1.807) is 32.2 Å². The van der Waals surface area contributed by atoms with Crippen LogP contribution in [0.5, 0.6) is 0 Å². The minimum atomic E-state index is -3.49. The van der Waals surface area contributed by atoms with Gasteiger partial charge in [0.15, 0.2) is 5.13 Å². The van der Waals surface area contributed by atoms with Crippen LogP contribution in [0.4, 0.5) is 5.13 Å². The Morgan fingerprint density at radius 3 is 2.54 bits per heavy atom. The van der Waals surface area contributed by atoms with Crippen molar-refractivity contribution >= 4 is 42.6 Å². The van der Waals surface area contributed by atoms with Crippen LogP contribution in [0, 0.1) is 5.92 Å². The van der Waals surface area contributed by atoms with Crippen LogP contribution < -0.4 is 5.32 Å². The lowest BCUT2D eigenvalue weighted by molar-refractivity contribution is -0.120. The number of carbonyl (C=O) groups is 1. The van der Waals surface area contributed by atoms with E-state index in [9.17, 15) is 13.2 Å². The fraction of sp³-hybridized carbons (Fsp3) is 0.500. The van der Waals surface area contributed by atoms with Crippen LogP contribution in [0.25, 0.3) is 10.2 Å². The maximum atomic E-state index is 12.4. The first kappa shape index (κ1) is 18.8. The van der Waals surface area contributed by atoms with Crippen molar-refractivity contribution in [3.63, 3.8) is 0 Å². The van der Waals surface area contributed by atoms with E-state index in [2.05, 4.69) is 10.3 Å². The fourth-order valence-corrected chi connectivity index (χ4v) is 4.52. The highest BCUT2D eigenvalue weighted by Gasteiger charge is 2.21. The van der Waals surface area contributed by atoms with Crippen LogP contribution >= 0.6 is 11.3 Å². The molecule has 0 aliphatic carbocycles. The molecule has 2 aromatic rings. The van der Waals surface area contributed by atoms with Gasteiger partial charge < -0.3 is 5.32 Å². The second kappa shape index (κ2) is 7.58. The number of nitrogens with one attached hydrogen (secondary N) is 1. The third-order valence-corrected chi connectivity index (χ3v) is 6.96. The number of hydrogen-bond acceptors (Lipinski definition) is 5. The van der Waals surface area contributed by atoms with Gasteiger partial charge in [0.05, 0.1) is 15.1 Å². The summed E-state index contributed by atoms with van der Waals surface area (Å²) in [4.78, 5) is 16.8. The molecule has 2 rings (SSSR count). The minimum Gasteiger partial charge on any atom is -0.302 e. The van der Waals surface area contributed by atoms with Crippen molar-refractivity contribution in [3.8, 4) is 0 Å². The summed E-state index contributed by atoms with van der Waals surface area (Å²) in [6, 6.07) is 4.84. The Kier molecular flexibility index (Phi) is 5.95. The molecule has 0 unspecified atom stereocenters. The Bertz CT molecular complexity index is 826. The fourth-order valence-electron chi connectivity index (χ4n) is 2.34. The molecule has 0 aliphatic rings. The standard InChI is InChI=1S/C16H23N3O3S2/c1-5-11(6-2)15(20)18-16-17-13-9-8-12(10-14(13)23-16)24(21,22)19(4)7-3/h8-11H,5-7H2,1-4H3,(H,17,18,20). The van der Waals surface area contributed by atoms with Crippen LogP contribution in [0.2, 0.25) is 0 Å². The lowest BCUT2D eigenvalue weighted by Gasteiger charge is -2.14. The highest BCUT2D eigenvalue weighted by atomic mass is 32.2. The van der Waals surface area contributed by atoms with Gasteiger partial charge in [-0.25, -0.2) is 17.7 Å². The number of hydrogen-bond donors (Lipinski definition) is 1. The largest absolute Gasteiger partial charge is 0.302 e. The number of fused-ring (bicyclic) bond motifs is 1. The summed E-state index contributed by atoms with van der Waals surface area (Å²) in [6.45, 7) is 6.15. The summed E-state index contributed by atoms with van der Waals surface area (Å²) >= 11 is 1.29. The molecule has 0 saturated heterocycles. The van der Waals surface area contributed by atoms with Gasteiger partial charge in [0.1, 0.15) is 0 Å². The maximum Gasteiger partial charge on any atom is 0.242 e. The van der Waals surface area contributed by atoms with E-state index in [0.717, 1.165) is 17.5 Å². The molecule has 0 saturated carbocycles. The topological polar surface area (TPSA) is 79.4 Å². The predicted molar refractivity (Wildman–Crippen MR) is 97.8 cm³/mol. The van der Waals surface area contributed by atoms with Crippen molar-refractivity contribution in [1.29, 1.82) is 0 Å². The van der Waals surface area contributed by atoms with Crippen molar-refractivity contribution in [2.45, 2.75) is 38.5 Å². The van der Waals surface area contributed by atoms with E-state index < -0.39 is 10.0 Å². The Balaban J connectivity index is 2.31. The first-order valence-electron chi connectivity index (χ1n) is 8.01. The Morgan fingerprint density at radius 1 is 1.29 bits per heavy atom. The lowest BCUT2D eigenvalue weighted by atomic mass is 10.0. The zero-order valence-electron chi connectivity index (χ0n) is 14.4. The number of carbonyl (C=O) groups excluding carboxylic acids is 1. The zero-order chi connectivity index (χ0) is 17.9. The quantitative estimate of drug-likeness (QED) is 0.812. The van der Waals surface area contributed by atoms with Crippen LogP contribution in [0.1, 0.15) is 33.6 Å². The SMILES string of the molecule is CCC(CC)C(=O)Nc1nc2ccc(S(=O)(=O)N(C)CC)cc2s1. The molecule has 0 fully saturated rings. The molecular weight excluding hydrogens is 346 g/mol. The van der Waals surface area contributed by atoms with E-state index in [0.29, 0.717) is 17.2 Å². The molecule has 8 heteroatoms. The minimum absolute atomic E-state index is 0.0360. The van der Waals surface area contributed by atoms with E-state index in [4.69, 9.17) is 0 Å². The molecule has 24 heavy (non-hydrogen) atoms. The average molecular weight is 370 g/mol. The third kappa shape index (κ3) is 3.76. The summed E-state index contributed by atoms with van der Waals surface area (Å²) in [5.74, 6) is -0.0798. The van der Waals surface area contributed by atoms with Crippen LogP contribution in [0.3, 0.4) is 0 Å². The van der Waals surface area contributed by atoms with Crippen LogP contribution in [0.15, 0.2) is 23.1 Å². The normalized spacial score (nSPS) is 12.2. The van der Waals surface area contributed by atoms with Gasteiger partial charge in [0, 0.05) is 19.5 Å². The first-order valence-corrected chi connectivity index (χ1v) is 10.3. The smallest absolute Gasteiger partial charge is 0.242 e. The summed E-state index contributed by atoms with van der Waals surface area (Å²) in [5.41, 5.74) is 0.679. The number of nitrogens with zero attached hydrogens (tertiary/aromatic N) is 2. The number of amides is 1. The third-order valence-electron chi connectivity index (χ3n) is 4.10. The van der Waals surface area contributed by atoms with Gasteiger partial charge in [0.2, 0.25) is 15.9 Å². The molecule has 1 aromatic carbocycles. The Labute approximate surface area is 146 Å². The predicted octanol–water partition coefficient (Wildman–Crippen LogP) is 3.31. The molecule has 1 heterocycles. The molecule has 1 aromatic heterocycles. The van der Waals surface area contributed by atoms with Gasteiger partial charge in [-0.05, 0) is 31.0 Å². The molecule has 0 atom stereocenters. The van der Waals surface area contributed by atoms with Crippen molar-refractivity contribution in [3.05, 3.63) is 18.2 Å². The summed E-state index contributed by atoms with van der Waals surface area (Å²) in [7, 11) is -1.94. The number of benzene rings is 1. The highest BCUT2D eigenvalue weighted by Crippen LogP contribution is 2.29. The number of aromatic nitrogens is 1. The van der Waals surface area contributed by atoms with Crippen molar-refractivity contribution < 1.29 is 13.2 Å². The van der Waals surface area contributed by atoms with Gasteiger partial charge in [-0.1, -0.05) is 32.1 Å². The molecule has 6 nitrogen and oxygen atoms in total. The monoisotopic (exact) mass is 369 g/mol. The zero-order valence-corrected chi connectivity index (χ0v) is 16.0. The second-order valence-corrected chi connectivity index (χ2v) is 8.65. The molecule has 1 amide bonds. The molecule has 0 bridgehead atoms. The van der Waals surface area contributed by atoms with Gasteiger partial charge in [-0.3, -0.25) is 4.79 Å². The molecule has 0 aliphatic heterocycles. The van der Waals surface area contributed by atoms with Crippen molar-refractivity contribution in [1.82, 2.24) is 9.29 Å². The molecule has 0 radical (unpaired) electrons. The highest BCUT2D eigenvalue weighted by molar-refractivity contribution is 7.89. The van der Waals surface area contributed by atoms with E-state index in [1.807, 2.05) is 13.8 Å². The summed E-state index contributed by atoms with van der Waals surface area (Å²) in [6.07, 6.45) is 1.55. The molecule has 0 spiro atoms. The molecular formula is C16H23N3O3S2. The van der Waals surface area contributed by atoms with Crippen molar-refractivity contribution in [2.75, 3.05) is 18.9 Å². The van der Waals surface area contributed by atoms with E-state index >= 15 is 0 Å². The van der Waals surface area contributed by atoms with Gasteiger partial charge >= 0.3 is 0 Å². The van der Waals surface area contributed by atoms with Crippen LogP contribution in [-0.4, -0.2) is 37.2 Å². The summed E-state index contributed by atoms with van der Waals surface area (Å²) < 4.78 is 26.8. The van der Waals surface area contributed by atoms with Gasteiger partial charge in [-0.2, -0.15) is 0 Å². The number of thiazole rings is 1. The number of rotatable bonds is 7. The van der Waals surface area contributed by atoms with Crippen LogP contribution in [-0.2, 0) is 14.8 Å². The first-order chi connectivity index (χ1) is 11.3. The number of anilines is 1. The number of sulfonamides is 1. The van der Waals surface area contributed by atoms with Crippen molar-refractivity contribution in [2.24, 2.45) is 5.92 Å². The second-order valence-electron chi connectivity index (χ2n) is 5.57. The summed E-state index contributed by atoms with van der Waals surface area (Å²) in [5, 5.41) is 3.33. The average Bonchev–Trinajstić information content (AvgIpc) is 2.96. The Morgan fingerprint density at radius 2 is 1.96 bits per heavy atom. The van der Waals surface area contributed by atoms with Gasteiger partial charge in [0.25, 0.3) is 0 Å². The van der Waals surface area contributed by atoms with E-state index in [1.165, 1.54) is 15.6 Å². The maximum absolute atomic E-state index is 12.4. The molecule has 1 N–H and O–H groups in total. The van der Waals surface area contributed by atoms with Gasteiger partial charge in [-0.15, -0.1) is 0 Å². The Hall–Kier alpha value is -1.51. The van der Waals surface area contributed by atoms with E-state index in [-0.39, 0.29) is 16.7 Å².